The van der Waals surface area contributed by atoms with Gasteiger partial charge in [0.25, 0.3) is 11.1 Å². The van der Waals surface area contributed by atoms with Gasteiger partial charge in [0, 0.05) is 13.1 Å². The number of aromatic nitrogens is 3. The van der Waals surface area contributed by atoms with Gasteiger partial charge in [0.15, 0.2) is 5.75 Å². The first-order valence-corrected chi connectivity index (χ1v) is 14.0. The number of nitrogens with zero attached hydrogens (tertiary/aromatic N) is 3. The molecule has 0 unspecified atom stereocenters. The van der Waals surface area contributed by atoms with E-state index < -0.39 is 44.5 Å². The summed E-state index contributed by atoms with van der Waals surface area (Å²) < 4.78 is 50.0. The minimum Gasteiger partial charge on any atom is -0.377 e. The predicted octanol–water partition coefficient (Wildman–Crippen LogP) is 4.04. The van der Waals surface area contributed by atoms with Crippen LogP contribution in [0.4, 0.5) is 4.39 Å². The number of fused-ring (bicyclic) bond motifs is 1. The molecule has 1 saturated carbocycles. The molecule has 0 amide bonds. The molecule has 1 fully saturated rings. The fraction of sp³-hybridized carbons (Fsp3) is 0.321. The average molecular weight is 556 g/mol. The van der Waals surface area contributed by atoms with Crippen molar-refractivity contribution in [3.63, 3.8) is 0 Å². The summed E-state index contributed by atoms with van der Waals surface area (Å²) in [6.45, 7) is 8.81. The topological polar surface area (TPSA) is 109 Å². The number of rotatable bonds is 5. The molecule has 2 aromatic heterocycles. The molecule has 0 radical (unpaired) electrons. The van der Waals surface area contributed by atoms with Crippen LogP contribution in [0.1, 0.15) is 49.4 Å². The van der Waals surface area contributed by atoms with Gasteiger partial charge < -0.3 is 4.18 Å². The van der Waals surface area contributed by atoms with Crippen LogP contribution < -0.4 is 21.0 Å². The number of pyridine rings is 1. The zero-order valence-corrected chi connectivity index (χ0v) is 23.4. The van der Waals surface area contributed by atoms with Crippen molar-refractivity contribution in [2.24, 2.45) is 7.05 Å². The molecule has 39 heavy (non-hydrogen) atoms. The molecule has 1 aliphatic carbocycles. The van der Waals surface area contributed by atoms with E-state index in [2.05, 4.69) is 0 Å². The minimum absolute atomic E-state index is 0.139. The maximum absolute atomic E-state index is 15.2. The second-order valence-corrected chi connectivity index (χ2v) is 10.9. The lowest BCUT2D eigenvalue weighted by Crippen LogP contribution is -2.42. The maximum Gasteiger partial charge on any atom is 0.339 e. The van der Waals surface area contributed by atoms with E-state index in [-0.39, 0.29) is 27.2 Å². The summed E-state index contributed by atoms with van der Waals surface area (Å²) in [5.74, 6) is -1.23. The highest BCUT2D eigenvalue weighted by Gasteiger charge is 2.33. The highest BCUT2D eigenvalue weighted by molar-refractivity contribution is 7.87. The number of hydrogen-bond acceptors (Lipinski definition) is 6. The van der Waals surface area contributed by atoms with Crippen molar-refractivity contribution >= 4 is 21.2 Å². The Morgan fingerprint density at radius 1 is 0.897 bits per heavy atom. The van der Waals surface area contributed by atoms with Crippen LogP contribution >= 0.6 is 0 Å². The summed E-state index contributed by atoms with van der Waals surface area (Å²) in [7, 11) is -3.13. The molecule has 2 aromatic carbocycles. The summed E-state index contributed by atoms with van der Waals surface area (Å²) in [5.41, 5.74) is -1.49. The first kappa shape index (κ1) is 28.0. The van der Waals surface area contributed by atoms with Crippen molar-refractivity contribution in [3.8, 4) is 11.4 Å². The molecule has 9 nitrogen and oxygen atoms in total. The first-order chi connectivity index (χ1) is 18.4. The highest BCUT2D eigenvalue weighted by Crippen LogP contribution is 2.34. The third-order valence-corrected chi connectivity index (χ3v) is 7.77. The number of benzene rings is 2. The Hall–Kier alpha value is -3.99. The van der Waals surface area contributed by atoms with Crippen LogP contribution in [0.15, 0.2) is 61.7 Å². The van der Waals surface area contributed by atoms with Crippen molar-refractivity contribution in [2.45, 2.75) is 58.4 Å². The van der Waals surface area contributed by atoms with E-state index >= 15 is 4.39 Å². The van der Waals surface area contributed by atoms with Gasteiger partial charge in [0.2, 0.25) is 0 Å². The SMILES string of the molecule is CC.Cc1ccc(S(=O)(=O)Oc2c(C)c(=O)n(C)c3c2c(=O)n(C2CC2)c(=O)n3-c2ccc(C)cc2F)cc1. The van der Waals surface area contributed by atoms with Crippen LogP contribution in [0.5, 0.6) is 5.75 Å². The molecule has 0 saturated heterocycles. The number of aryl methyl sites for hydroxylation is 3. The molecule has 0 spiro atoms. The van der Waals surface area contributed by atoms with Gasteiger partial charge in [-0.1, -0.05) is 37.6 Å². The van der Waals surface area contributed by atoms with E-state index in [4.69, 9.17) is 4.18 Å². The van der Waals surface area contributed by atoms with Gasteiger partial charge in [-0.2, -0.15) is 8.42 Å². The van der Waals surface area contributed by atoms with E-state index in [9.17, 15) is 22.8 Å². The maximum atomic E-state index is 15.2. The van der Waals surface area contributed by atoms with E-state index in [1.807, 2.05) is 13.8 Å². The Bertz CT molecular complexity index is 1880. The Morgan fingerprint density at radius 3 is 2.05 bits per heavy atom. The molecule has 2 heterocycles. The monoisotopic (exact) mass is 555 g/mol. The van der Waals surface area contributed by atoms with Crippen molar-refractivity contribution in [1.82, 2.24) is 13.7 Å². The Morgan fingerprint density at radius 2 is 1.49 bits per heavy atom. The Labute approximate surface area is 224 Å². The second kappa shape index (κ2) is 10.3. The van der Waals surface area contributed by atoms with Gasteiger partial charge in [-0.3, -0.25) is 18.7 Å². The largest absolute Gasteiger partial charge is 0.377 e. The Balaban J connectivity index is 0.00000172. The molecule has 0 aliphatic heterocycles. The van der Waals surface area contributed by atoms with E-state index in [0.29, 0.717) is 18.4 Å². The number of hydrogen-bond donors (Lipinski definition) is 0. The van der Waals surface area contributed by atoms with E-state index in [1.54, 1.807) is 32.0 Å². The third-order valence-electron chi connectivity index (χ3n) is 6.54. The lowest BCUT2D eigenvalue weighted by Gasteiger charge is -2.20. The van der Waals surface area contributed by atoms with Gasteiger partial charge >= 0.3 is 15.8 Å². The molecular formula is C28H30FN3O6S. The average Bonchev–Trinajstić information content (AvgIpc) is 3.73. The van der Waals surface area contributed by atoms with Crippen molar-refractivity contribution in [2.75, 3.05) is 0 Å². The number of halogens is 1. The van der Waals surface area contributed by atoms with Gasteiger partial charge in [0.1, 0.15) is 21.7 Å². The summed E-state index contributed by atoms with van der Waals surface area (Å²) in [4.78, 5) is 40.4. The molecule has 0 atom stereocenters. The smallest absolute Gasteiger partial charge is 0.339 e. The lowest BCUT2D eigenvalue weighted by atomic mass is 10.2. The van der Waals surface area contributed by atoms with Crippen LogP contribution in [0.2, 0.25) is 0 Å². The molecule has 0 bridgehead atoms. The molecule has 5 rings (SSSR count). The quantitative estimate of drug-likeness (QED) is 0.344. The normalized spacial score (nSPS) is 13.2. The molecule has 4 aromatic rings. The first-order valence-electron chi connectivity index (χ1n) is 12.6. The lowest BCUT2D eigenvalue weighted by molar-refractivity contribution is 0.484. The van der Waals surface area contributed by atoms with E-state index in [1.165, 1.54) is 38.2 Å². The van der Waals surface area contributed by atoms with Gasteiger partial charge in [0.05, 0.1) is 11.3 Å². The summed E-state index contributed by atoms with van der Waals surface area (Å²) >= 11 is 0. The summed E-state index contributed by atoms with van der Waals surface area (Å²) in [6, 6.07) is 9.64. The van der Waals surface area contributed by atoms with Crippen molar-refractivity contribution in [1.29, 1.82) is 0 Å². The van der Waals surface area contributed by atoms with Gasteiger partial charge in [-0.15, -0.1) is 0 Å². The van der Waals surface area contributed by atoms with Crippen molar-refractivity contribution < 1.29 is 17.0 Å². The van der Waals surface area contributed by atoms with Gasteiger partial charge in [-0.05, 0) is 63.4 Å². The zero-order chi connectivity index (χ0) is 28.8. The van der Waals surface area contributed by atoms with Crippen LogP contribution in [0, 0.1) is 26.6 Å². The summed E-state index contributed by atoms with van der Waals surface area (Å²) in [6.07, 6.45) is 1.11. The Kier molecular flexibility index (Phi) is 7.40. The fourth-order valence-corrected chi connectivity index (χ4v) is 5.39. The molecule has 0 N–H and O–H groups in total. The second-order valence-electron chi connectivity index (χ2n) is 9.35. The predicted molar refractivity (Wildman–Crippen MR) is 147 cm³/mol. The third kappa shape index (κ3) is 4.82. The van der Waals surface area contributed by atoms with E-state index in [0.717, 1.165) is 19.3 Å². The molecular weight excluding hydrogens is 525 g/mol. The molecule has 206 valence electrons. The molecule has 11 heteroatoms. The minimum atomic E-state index is -4.47. The zero-order valence-electron chi connectivity index (χ0n) is 22.6. The van der Waals surface area contributed by atoms with Crippen LogP contribution in [-0.2, 0) is 17.2 Å². The highest BCUT2D eigenvalue weighted by atomic mass is 32.2. The summed E-state index contributed by atoms with van der Waals surface area (Å²) in [5, 5.41) is -0.304. The molecule has 1 aliphatic rings. The van der Waals surface area contributed by atoms with Crippen LogP contribution in [-0.4, -0.2) is 22.1 Å². The van der Waals surface area contributed by atoms with Gasteiger partial charge in [-0.25, -0.2) is 13.8 Å². The van der Waals surface area contributed by atoms with Crippen molar-refractivity contribution in [3.05, 3.63) is 96.2 Å². The fourth-order valence-electron chi connectivity index (χ4n) is 4.39. The van der Waals surface area contributed by atoms with Crippen LogP contribution in [0.3, 0.4) is 0 Å². The van der Waals surface area contributed by atoms with Crippen LogP contribution in [0.25, 0.3) is 16.7 Å². The standard InChI is InChI=1S/C26H24FN3O6S.C2H6/c1-14-5-10-18(11-6-14)37(34,35)36-22-16(3)24(31)28(4)23-21(22)25(32)29(17-8-9-17)26(33)30(23)20-12-7-15(2)13-19(20)27;1-2/h5-7,10-13,17H,8-9H2,1-4H3;1-2H3.